The first-order valence-electron chi connectivity index (χ1n) is 14.8. The lowest BCUT2D eigenvalue weighted by Gasteiger charge is -2.39. The number of hydrogen-bond donors (Lipinski definition) is 2. The van der Waals surface area contributed by atoms with Crippen molar-refractivity contribution in [1.29, 1.82) is 0 Å². The Bertz CT molecular complexity index is 1330. The highest BCUT2D eigenvalue weighted by Crippen LogP contribution is 2.63. The van der Waals surface area contributed by atoms with Crippen molar-refractivity contribution >= 4 is 29.2 Å². The number of carbonyl (C=O) groups excluding carboxylic acids is 2. The Morgan fingerprint density at radius 1 is 1.10 bits per heavy atom. The number of aliphatic hydroxyl groups is 1. The van der Waals surface area contributed by atoms with Gasteiger partial charge in [-0.3, -0.25) is 14.4 Å². The van der Waals surface area contributed by atoms with E-state index in [0.717, 1.165) is 24.3 Å². The zero-order chi connectivity index (χ0) is 30.2. The first kappa shape index (κ1) is 29.8. The molecule has 0 aliphatic carbocycles. The third-order valence-electron chi connectivity index (χ3n) is 9.50. The number of amides is 2. The van der Waals surface area contributed by atoms with Gasteiger partial charge in [-0.25, -0.2) is 0 Å². The van der Waals surface area contributed by atoms with Crippen LogP contribution < -0.4 is 9.80 Å². The second-order valence-corrected chi connectivity index (χ2v) is 11.8. The smallest absolute Gasteiger partial charge is 0.310 e. The van der Waals surface area contributed by atoms with E-state index in [-0.39, 0.29) is 19.1 Å². The van der Waals surface area contributed by atoms with Gasteiger partial charge in [-0.05, 0) is 69.9 Å². The Morgan fingerprint density at radius 3 is 2.31 bits per heavy atom. The van der Waals surface area contributed by atoms with E-state index in [1.807, 2.05) is 54.6 Å². The molecule has 9 heteroatoms. The first-order valence-corrected chi connectivity index (χ1v) is 14.8. The van der Waals surface area contributed by atoms with Crippen LogP contribution in [0.15, 0.2) is 67.3 Å². The minimum Gasteiger partial charge on any atom is -0.481 e. The Labute approximate surface area is 247 Å². The van der Waals surface area contributed by atoms with E-state index in [4.69, 9.17) is 4.74 Å². The summed E-state index contributed by atoms with van der Waals surface area (Å²) in [6.45, 7) is 11.3. The first-order chi connectivity index (χ1) is 20.2. The number of fused-ring (bicyclic) bond motifs is 1. The predicted octanol–water partition coefficient (Wildman–Crippen LogP) is 3.50. The number of likely N-dealkylation sites (tertiary alicyclic amines) is 1. The molecule has 2 N–H and O–H groups in total. The Morgan fingerprint density at radius 2 is 1.74 bits per heavy atom. The molecule has 1 spiro atoms. The Kier molecular flexibility index (Phi) is 8.18. The van der Waals surface area contributed by atoms with Crippen molar-refractivity contribution in [3.05, 3.63) is 72.8 Å². The van der Waals surface area contributed by atoms with Crippen molar-refractivity contribution in [2.45, 2.75) is 63.3 Å². The van der Waals surface area contributed by atoms with E-state index in [1.165, 1.54) is 4.90 Å². The van der Waals surface area contributed by atoms with Crippen LogP contribution in [-0.2, 0) is 25.5 Å². The van der Waals surface area contributed by atoms with E-state index >= 15 is 0 Å². The highest BCUT2D eigenvalue weighted by molar-refractivity contribution is 6.05. The van der Waals surface area contributed by atoms with Gasteiger partial charge >= 0.3 is 5.97 Å². The molecule has 0 saturated carbocycles. The third kappa shape index (κ3) is 4.68. The van der Waals surface area contributed by atoms with Gasteiger partial charge in [-0.1, -0.05) is 36.4 Å². The summed E-state index contributed by atoms with van der Waals surface area (Å²) in [5, 5.41) is 20.9. The molecule has 224 valence electrons. The molecule has 2 bridgehead atoms. The highest BCUT2D eigenvalue weighted by atomic mass is 16.5. The van der Waals surface area contributed by atoms with Crippen molar-refractivity contribution < 1.29 is 29.3 Å². The van der Waals surface area contributed by atoms with Gasteiger partial charge in [0.05, 0.1) is 30.1 Å². The summed E-state index contributed by atoms with van der Waals surface area (Å²) in [7, 11) is 0. The molecule has 3 saturated heterocycles. The summed E-state index contributed by atoms with van der Waals surface area (Å²) in [6, 6.07) is 15.3. The molecule has 3 aliphatic rings. The van der Waals surface area contributed by atoms with Crippen LogP contribution in [0.4, 0.5) is 11.4 Å². The van der Waals surface area contributed by atoms with Gasteiger partial charge in [0.25, 0.3) is 5.91 Å². The van der Waals surface area contributed by atoms with Gasteiger partial charge < -0.3 is 29.6 Å². The molecular weight excluding hydrogens is 534 g/mol. The average Bonchev–Trinajstić information content (AvgIpc) is 3.56. The van der Waals surface area contributed by atoms with Crippen molar-refractivity contribution in [3.63, 3.8) is 0 Å². The van der Waals surface area contributed by atoms with Crippen molar-refractivity contribution in [1.82, 2.24) is 4.90 Å². The number of anilines is 2. The maximum absolute atomic E-state index is 14.8. The molecule has 3 heterocycles. The Hall–Kier alpha value is -3.69. The van der Waals surface area contributed by atoms with Crippen LogP contribution in [0.1, 0.15) is 39.2 Å². The number of nitrogens with zero attached hydrogens (tertiary/aromatic N) is 3. The number of carboxylic acids is 1. The molecule has 0 aromatic heterocycles. The van der Waals surface area contributed by atoms with Gasteiger partial charge in [-0.15, -0.1) is 6.58 Å². The maximum atomic E-state index is 14.8. The van der Waals surface area contributed by atoms with Crippen LogP contribution in [0.2, 0.25) is 0 Å². The molecule has 2 unspecified atom stereocenters. The van der Waals surface area contributed by atoms with Crippen LogP contribution >= 0.6 is 0 Å². The molecule has 0 radical (unpaired) electrons. The molecule has 42 heavy (non-hydrogen) atoms. The lowest BCUT2D eigenvalue weighted by molar-refractivity contribution is -0.155. The van der Waals surface area contributed by atoms with Gasteiger partial charge in [-0.2, -0.15) is 0 Å². The SMILES string of the molecule is C=CCN(C(=O)C1N([C@@H](CO)Cc2ccccc2)C(=O)[C@@H]2[C@H](C(=O)O)[C@]3(C)CCC12O3)c1ccc(N(CC)CC)cc1. The number of aliphatic carboxylic acids is 1. The summed E-state index contributed by atoms with van der Waals surface area (Å²) in [5.74, 6) is -4.04. The summed E-state index contributed by atoms with van der Waals surface area (Å²) >= 11 is 0. The summed E-state index contributed by atoms with van der Waals surface area (Å²) in [6.07, 6.45) is 2.75. The number of carbonyl (C=O) groups is 3. The largest absolute Gasteiger partial charge is 0.481 e. The van der Waals surface area contributed by atoms with E-state index in [2.05, 4.69) is 25.3 Å². The number of ether oxygens (including phenoxy) is 1. The van der Waals surface area contributed by atoms with E-state index in [1.54, 1.807) is 17.9 Å². The number of benzene rings is 2. The zero-order valence-corrected chi connectivity index (χ0v) is 24.6. The maximum Gasteiger partial charge on any atom is 0.310 e. The third-order valence-corrected chi connectivity index (χ3v) is 9.50. The van der Waals surface area contributed by atoms with Crippen LogP contribution in [-0.4, -0.2) is 82.4 Å². The van der Waals surface area contributed by atoms with E-state index < -0.39 is 47.0 Å². The van der Waals surface area contributed by atoms with Crippen LogP contribution in [0.25, 0.3) is 0 Å². The summed E-state index contributed by atoms with van der Waals surface area (Å²) < 4.78 is 6.56. The molecular formula is C33H41N3O6. The zero-order valence-electron chi connectivity index (χ0n) is 24.6. The average molecular weight is 576 g/mol. The van der Waals surface area contributed by atoms with Crippen LogP contribution in [0.5, 0.6) is 0 Å². The van der Waals surface area contributed by atoms with E-state index in [0.29, 0.717) is 24.9 Å². The second kappa shape index (κ2) is 11.5. The summed E-state index contributed by atoms with van der Waals surface area (Å²) in [4.78, 5) is 46.9. The fraction of sp³-hybridized carbons (Fsp3) is 0.485. The molecule has 3 aliphatic heterocycles. The lowest BCUT2D eigenvalue weighted by atomic mass is 9.66. The standard InChI is InChI=1S/C33H41N3O6/c1-5-19-35(24-15-13-23(14-16-24)34(6-2)7-3)30(39)28-33-18-17-32(4,42-33)27(31(40)41)26(33)29(38)36(28)25(21-37)20-22-11-9-8-10-12-22/h5,8-16,25-28,37H,1,6-7,17-21H2,2-4H3,(H,40,41)/t25-,26+,27-,28?,32+,33?/m1/s1. The van der Waals surface area contributed by atoms with Gasteiger partial charge in [0, 0.05) is 31.0 Å². The number of aliphatic hydroxyl groups excluding tert-OH is 1. The fourth-order valence-corrected chi connectivity index (χ4v) is 7.58. The monoisotopic (exact) mass is 575 g/mol. The normalized spacial score (nSPS) is 28.4. The van der Waals surface area contributed by atoms with Gasteiger partial charge in [0.1, 0.15) is 11.6 Å². The van der Waals surface area contributed by atoms with Crippen molar-refractivity contribution in [2.24, 2.45) is 11.8 Å². The van der Waals surface area contributed by atoms with Crippen LogP contribution in [0, 0.1) is 11.8 Å². The van der Waals surface area contributed by atoms with Gasteiger partial charge in [0.15, 0.2) is 0 Å². The molecule has 5 rings (SSSR count). The topological polar surface area (TPSA) is 111 Å². The van der Waals surface area contributed by atoms with Crippen molar-refractivity contribution in [3.8, 4) is 0 Å². The molecule has 2 aromatic rings. The second-order valence-electron chi connectivity index (χ2n) is 11.8. The number of rotatable bonds is 12. The predicted molar refractivity (Wildman–Crippen MR) is 160 cm³/mol. The minimum absolute atomic E-state index is 0.185. The molecule has 9 nitrogen and oxygen atoms in total. The molecule has 2 aromatic carbocycles. The summed E-state index contributed by atoms with van der Waals surface area (Å²) in [5.41, 5.74) is 0.201. The number of hydrogen-bond acceptors (Lipinski definition) is 6. The van der Waals surface area contributed by atoms with E-state index in [9.17, 15) is 24.6 Å². The molecule has 3 fully saturated rings. The highest BCUT2D eigenvalue weighted by Gasteiger charge is 2.78. The minimum atomic E-state index is -1.31. The molecule has 2 amide bonds. The Balaban J connectivity index is 1.59. The fourth-order valence-electron chi connectivity index (χ4n) is 7.58. The molecule has 6 atom stereocenters. The quantitative estimate of drug-likeness (QED) is 0.373. The van der Waals surface area contributed by atoms with Crippen LogP contribution in [0.3, 0.4) is 0 Å². The van der Waals surface area contributed by atoms with Crippen molar-refractivity contribution in [2.75, 3.05) is 36.0 Å². The lowest BCUT2D eigenvalue weighted by Crippen LogP contribution is -2.59. The number of carboxylic acid groups (broad SMARTS) is 1. The van der Waals surface area contributed by atoms with Gasteiger partial charge in [0.2, 0.25) is 5.91 Å².